The fourth-order valence-corrected chi connectivity index (χ4v) is 2.67. The van der Waals surface area contributed by atoms with Gasteiger partial charge in [0.25, 0.3) is 0 Å². The quantitative estimate of drug-likeness (QED) is 0.836. The van der Waals surface area contributed by atoms with Crippen molar-refractivity contribution in [1.29, 1.82) is 0 Å². The number of nitrogens with zero attached hydrogens (tertiary/aromatic N) is 2. The highest BCUT2D eigenvalue weighted by Crippen LogP contribution is 2.33. The van der Waals surface area contributed by atoms with Crippen molar-refractivity contribution >= 4 is 40.5 Å². The number of rotatable bonds is 3. The number of anilines is 1. The molecule has 20 heavy (non-hydrogen) atoms. The summed E-state index contributed by atoms with van der Waals surface area (Å²) in [4.78, 5) is 0. The minimum atomic E-state index is -0.0339. The summed E-state index contributed by atoms with van der Waals surface area (Å²) in [5.41, 5.74) is 1.71. The number of aromatic nitrogens is 2. The molecule has 2 rings (SSSR count). The summed E-state index contributed by atoms with van der Waals surface area (Å²) in [6.07, 6.45) is 3.83. The van der Waals surface area contributed by atoms with Crippen LogP contribution in [0.25, 0.3) is 0 Å². The lowest BCUT2D eigenvalue weighted by Crippen LogP contribution is -2.21. The van der Waals surface area contributed by atoms with Crippen LogP contribution in [-0.4, -0.2) is 9.78 Å². The largest absolute Gasteiger partial charge is 0.378 e. The van der Waals surface area contributed by atoms with Gasteiger partial charge >= 0.3 is 0 Å². The summed E-state index contributed by atoms with van der Waals surface area (Å²) in [5, 5.41) is 9.09. The predicted molar refractivity (Wildman–Crippen MR) is 86.0 cm³/mol. The van der Waals surface area contributed by atoms with E-state index in [-0.39, 0.29) is 5.54 Å². The van der Waals surface area contributed by atoms with Gasteiger partial charge in [0, 0.05) is 23.3 Å². The highest BCUT2D eigenvalue weighted by atomic mass is 35.5. The molecule has 0 amide bonds. The molecule has 1 aromatic carbocycles. The Balaban J connectivity index is 2.12. The first-order valence-corrected chi connectivity index (χ1v) is 7.33. The molecule has 108 valence electrons. The van der Waals surface area contributed by atoms with Crippen LogP contribution in [0.4, 0.5) is 5.69 Å². The van der Waals surface area contributed by atoms with Gasteiger partial charge in [-0.1, -0.05) is 34.8 Å². The Hall–Kier alpha value is -0.900. The van der Waals surface area contributed by atoms with E-state index >= 15 is 0 Å². The van der Waals surface area contributed by atoms with E-state index in [9.17, 15) is 0 Å². The summed E-state index contributed by atoms with van der Waals surface area (Å²) in [6, 6.07) is 3.33. The predicted octanol–water partition coefficient (Wildman–Crippen LogP) is 5.21. The molecule has 1 aromatic heterocycles. The van der Waals surface area contributed by atoms with Gasteiger partial charge < -0.3 is 5.32 Å². The van der Waals surface area contributed by atoms with Gasteiger partial charge in [-0.25, -0.2) is 0 Å². The minimum absolute atomic E-state index is 0.0339. The van der Waals surface area contributed by atoms with Crippen LogP contribution in [0.2, 0.25) is 15.1 Å². The van der Waals surface area contributed by atoms with E-state index < -0.39 is 0 Å². The molecule has 0 saturated carbocycles. The van der Waals surface area contributed by atoms with E-state index in [1.165, 1.54) is 0 Å². The number of benzene rings is 1. The maximum absolute atomic E-state index is 6.13. The van der Waals surface area contributed by atoms with Gasteiger partial charge in [-0.2, -0.15) is 5.10 Å². The third kappa shape index (κ3) is 3.60. The Morgan fingerprint density at radius 1 is 1.15 bits per heavy atom. The summed E-state index contributed by atoms with van der Waals surface area (Å²) in [7, 11) is 0. The van der Waals surface area contributed by atoms with Crippen LogP contribution in [0.1, 0.15) is 26.3 Å². The molecule has 0 aliphatic rings. The third-order valence-electron chi connectivity index (χ3n) is 2.80. The standard InChI is InChI=1S/C14H16Cl3N3/c1-14(2,3)20-8-9(7-19-20)6-18-13-11(16)4-10(15)5-12(13)17/h4-5,7-8,18H,6H2,1-3H3. The molecule has 0 saturated heterocycles. The Labute approximate surface area is 133 Å². The number of hydrogen-bond donors (Lipinski definition) is 1. The van der Waals surface area contributed by atoms with Crippen molar-refractivity contribution in [2.75, 3.05) is 5.32 Å². The highest BCUT2D eigenvalue weighted by Gasteiger charge is 2.14. The molecule has 0 aliphatic carbocycles. The highest BCUT2D eigenvalue weighted by molar-refractivity contribution is 6.41. The molecule has 6 heteroatoms. The van der Waals surface area contributed by atoms with E-state index in [0.29, 0.717) is 27.3 Å². The van der Waals surface area contributed by atoms with E-state index in [1.807, 2.05) is 17.1 Å². The smallest absolute Gasteiger partial charge is 0.0722 e. The molecule has 0 aliphatic heterocycles. The fraction of sp³-hybridized carbons (Fsp3) is 0.357. The number of nitrogens with one attached hydrogen (secondary N) is 1. The fourth-order valence-electron chi connectivity index (χ4n) is 1.72. The molecule has 0 unspecified atom stereocenters. The maximum atomic E-state index is 6.13. The summed E-state index contributed by atoms with van der Waals surface area (Å²) in [5.74, 6) is 0. The van der Waals surface area contributed by atoms with E-state index in [0.717, 1.165) is 5.56 Å². The van der Waals surface area contributed by atoms with E-state index in [1.54, 1.807) is 12.1 Å². The van der Waals surface area contributed by atoms with Gasteiger partial charge in [0.05, 0.1) is 27.5 Å². The third-order valence-corrected chi connectivity index (χ3v) is 3.61. The molecule has 2 aromatic rings. The second-order valence-electron chi connectivity index (χ2n) is 5.56. The molecular weight excluding hydrogens is 317 g/mol. The monoisotopic (exact) mass is 331 g/mol. The first kappa shape index (κ1) is 15.5. The lowest BCUT2D eigenvalue weighted by Gasteiger charge is -2.18. The van der Waals surface area contributed by atoms with Crippen molar-refractivity contribution in [2.24, 2.45) is 0 Å². The second-order valence-corrected chi connectivity index (χ2v) is 6.81. The molecule has 3 nitrogen and oxygen atoms in total. The Bertz CT molecular complexity index is 591. The topological polar surface area (TPSA) is 29.9 Å². The Morgan fingerprint density at radius 2 is 1.75 bits per heavy atom. The normalized spacial score (nSPS) is 11.7. The molecule has 0 fully saturated rings. The van der Waals surface area contributed by atoms with E-state index in [2.05, 4.69) is 31.2 Å². The van der Waals surface area contributed by atoms with Gasteiger partial charge in [-0.15, -0.1) is 0 Å². The van der Waals surface area contributed by atoms with Crippen LogP contribution in [0, 0.1) is 0 Å². The number of halogens is 3. The summed E-state index contributed by atoms with van der Waals surface area (Å²) < 4.78 is 1.93. The lowest BCUT2D eigenvalue weighted by atomic mass is 10.1. The average Bonchev–Trinajstić information content (AvgIpc) is 2.75. The maximum Gasteiger partial charge on any atom is 0.0722 e. The van der Waals surface area contributed by atoms with Crippen molar-refractivity contribution < 1.29 is 0 Å². The van der Waals surface area contributed by atoms with Gasteiger partial charge in [0.2, 0.25) is 0 Å². The first-order chi connectivity index (χ1) is 9.27. The van der Waals surface area contributed by atoms with Crippen molar-refractivity contribution in [2.45, 2.75) is 32.9 Å². The van der Waals surface area contributed by atoms with Crippen LogP contribution < -0.4 is 5.32 Å². The molecule has 0 bridgehead atoms. The van der Waals surface area contributed by atoms with Crippen LogP contribution in [0.3, 0.4) is 0 Å². The Morgan fingerprint density at radius 3 is 2.25 bits per heavy atom. The SMILES string of the molecule is CC(C)(C)n1cc(CNc2c(Cl)cc(Cl)cc2Cl)cn1. The molecule has 1 N–H and O–H groups in total. The Kier molecular flexibility index (Phi) is 4.52. The second kappa shape index (κ2) is 5.84. The van der Waals surface area contributed by atoms with Crippen molar-refractivity contribution in [3.05, 3.63) is 45.2 Å². The average molecular weight is 333 g/mol. The molecular formula is C14H16Cl3N3. The molecule has 0 spiro atoms. The minimum Gasteiger partial charge on any atom is -0.378 e. The molecule has 0 radical (unpaired) electrons. The first-order valence-electron chi connectivity index (χ1n) is 6.20. The lowest BCUT2D eigenvalue weighted by molar-refractivity contribution is 0.355. The van der Waals surface area contributed by atoms with Crippen molar-refractivity contribution in [3.63, 3.8) is 0 Å². The van der Waals surface area contributed by atoms with Crippen molar-refractivity contribution in [3.8, 4) is 0 Å². The van der Waals surface area contributed by atoms with Crippen LogP contribution in [-0.2, 0) is 12.1 Å². The van der Waals surface area contributed by atoms with Crippen LogP contribution in [0.5, 0.6) is 0 Å². The van der Waals surface area contributed by atoms with E-state index in [4.69, 9.17) is 34.8 Å². The molecule has 0 atom stereocenters. The van der Waals surface area contributed by atoms with Gasteiger partial charge in [-0.05, 0) is 32.9 Å². The van der Waals surface area contributed by atoms with Gasteiger partial charge in [0.15, 0.2) is 0 Å². The van der Waals surface area contributed by atoms with Gasteiger partial charge in [-0.3, -0.25) is 4.68 Å². The van der Waals surface area contributed by atoms with Crippen molar-refractivity contribution in [1.82, 2.24) is 9.78 Å². The zero-order chi connectivity index (χ0) is 14.9. The summed E-state index contributed by atoms with van der Waals surface area (Å²) in [6.45, 7) is 6.90. The van der Waals surface area contributed by atoms with Crippen LogP contribution in [0.15, 0.2) is 24.5 Å². The summed E-state index contributed by atoms with van der Waals surface area (Å²) >= 11 is 18.1. The zero-order valence-electron chi connectivity index (χ0n) is 11.5. The van der Waals surface area contributed by atoms with Crippen LogP contribution >= 0.6 is 34.8 Å². The zero-order valence-corrected chi connectivity index (χ0v) is 13.8. The van der Waals surface area contributed by atoms with Gasteiger partial charge in [0.1, 0.15) is 0 Å². The molecule has 1 heterocycles. The number of hydrogen-bond acceptors (Lipinski definition) is 2.